The van der Waals surface area contributed by atoms with Gasteiger partial charge in [-0.3, -0.25) is 14.2 Å². The largest absolute Gasteiger partial charge is 0.337 e. The predicted octanol–water partition coefficient (Wildman–Crippen LogP) is 4.20. The van der Waals surface area contributed by atoms with Gasteiger partial charge < -0.3 is 4.57 Å². The molecule has 4 rings (SSSR count). The monoisotopic (exact) mass is 458 g/mol. The van der Waals surface area contributed by atoms with Crippen molar-refractivity contribution in [3.05, 3.63) is 91.9 Å². The van der Waals surface area contributed by atoms with Crippen LogP contribution in [0, 0.1) is 26.7 Å². The SMILES string of the molecule is Cc1ccc(C(=O)Cn2cnc3c2c(=O)n(CCC(C)C)c(=O)n3-c2ccccc2C)c(C)c1. The molecule has 0 aliphatic rings. The molecule has 0 fully saturated rings. The van der Waals surface area contributed by atoms with Crippen LogP contribution in [0.15, 0.2) is 58.4 Å². The van der Waals surface area contributed by atoms with Crippen LogP contribution in [0.5, 0.6) is 0 Å². The number of hydrogen-bond donors (Lipinski definition) is 0. The maximum atomic E-state index is 13.5. The van der Waals surface area contributed by atoms with Gasteiger partial charge in [0.05, 0.1) is 18.6 Å². The smallest absolute Gasteiger partial charge is 0.317 e. The van der Waals surface area contributed by atoms with Crippen LogP contribution in [-0.2, 0) is 13.1 Å². The molecule has 0 spiro atoms. The number of nitrogens with zero attached hydrogens (tertiary/aromatic N) is 4. The minimum atomic E-state index is -0.420. The number of fused-ring (bicyclic) bond motifs is 1. The van der Waals surface area contributed by atoms with Gasteiger partial charge >= 0.3 is 5.69 Å². The van der Waals surface area contributed by atoms with Crippen molar-refractivity contribution in [1.82, 2.24) is 18.7 Å². The molecule has 0 aliphatic heterocycles. The van der Waals surface area contributed by atoms with E-state index in [-0.39, 0.29) is 23.5 Å². The Morgan fingerprint density at radius 2 is 1.74 bits per heavy atom. The van der Waals surface area contributed by atoms with E-state index in [1.807, 2.05) is 63.2 Å². The van der Waals surface area contributed by atoms with Crippen LogP contribution in [0.2, 0.25) is 0 Å². The van der Waals surface area contributed by atoms with E-state index in [1.54, 1.807) is 4.57 Å². The highest BCUT2D eigenvalue weighted by Gasteiger charge is 2.21. The second-order valence-electron chi connectivity index (χ2n) is 9.33. The molecule has 2 aromatic carbocycles. The molecule has 0 bridgehead atoms. The molecule has 4 aromatic rings. The van der Waals surface area contributed by atoms with Gasteiger partial charge in [-0.05, 0) is 50.3 Å². The number of benzene rings is 2. The van der Waals surface area contributed by atoms with Crippen LogP contribution in [-0.4, -0.2) is 24.5 Å². The first-order valence-corrected chi connectivity index (χ1v) is 11.6. The van der Waals surface area contributed by atoms with Crippen molar-refractivity contribution in [2.24, 2.45) is 5.92 Å². The minimum Gasteiger partial charge on any atom is -0.317 e. The van der Waals surface area contributed by atoms with Crippen LogP contribution in [0.3, 0.4) is 0 Å². The van der Waals surface area contributed by atoms with Crippen molar-refractivity contribution < 1.29 is 4.79 Å². The van der Waals surface area contributed by atoms with Crippen LogP contribution >= 0.6 is 0 Å². The molecule has 0 atom stereocenters. The highest BCUT2D eigenvalue weighted by Crippen LogP contribution is 2.18. The Balaban J connectivity index is 1.92. The Morgan fingerprint density at radius 1 is 1.00 bits per heavy atom. The summed E-state index contributed by atoms with van der Waals surface area (Å²) in [6.07, 6.45) is 2.17. The first-order chi connectivity index (χ1) is 16.2. The normalized spacial score (nSPS) is 11.5. The quantitative estimate of drug-likeness (QED) is 0.389. The van der Waals surface area contributed by atoms with Gasteiger partial charge in [0.15, 0.2) is 16.9 Å². The first kappa shape index (κ1) is 23.4. The lowest BCUT2D eigenvalue weighted by molar-refractivity contribution is 0.0972. The molecule has 176 valence electrons. The Hall–Kier alpha value is -3.74. The molecule has 2 aromatic heterocycles. The molecule has 0 aliphatic carbocycles. The summed E-state index contributed by atoms with van der Waals surface area (Å²) in [5, 5.41) is 0. The highest BCUT2D eigenvalue weighted by atomic mass is 16.2. The molecule has 0 saturated heterocycles. The molecular formula is C27H30N4O3. The van der Waals surface area contributed by atoms with Crippen LogP contribution in [0.4, 0.5) is 0 Å². The topological polar surface area (TPSA) is 78.9 Å². The van der Waals surface area contributed by atoms with Gasteiger partial charge in [-0.25, -0.2) is 14.3 Å². The zero-order valence-corrected chi connectivity index (χ0v) is 20.3. The van der Waals surface area contributed by atoms with E-state index in [1.165, 1.54) is 15.5 Å². The molecule has 34 heavy (non-hydrogen) atoms. The Morgan fingerprint density at radius 3 is 2.41 bits per heavy atom. The van der Waals surface area contributed by atoms with Gasteiger partial charge in [0.1, 0.15) is 0 Å². The van der Waals surface area contributed by atoms with Crippen molar-refractivity contribution in [2.45, 2.75) is 54.1 Å². The average Bonchev–Trinajstić information content (AvgIpc) is 3.18. The lowest BCUT2D eigenvalue weighted by Gasteiger charge is -2.15. The molecule has 0 radical (unpaired) electrons. The van der Waals surface area contributed by atoms with E-state index in [0.717, 1.165) is 16.7 Å². The van der Waals surface area contributed by atoms with Crippen molar-refractivity contribution in [1.29, 1.82) is 0 Å². The number of hydrogen-bond acceptors (Lipinski definition) is 4. The summed E-state index contributed by atoms with van der Waals surface area (Å²) in [4.78, 5) is 44.6. The van der Waals surface area contributed by atoms with E-state index in [4.69, 9.17) is 0 Å². The van der Waals surface area contributed by atoms with Crippen molar-refractivity contribution in [3.8, 4) is 5.69 Å². The van der Waals surface area contributed by atoms with E-state index in [2.05, 4.69) is 18.8 Å². The number of imidazole rings is 1. The molecule has 0 saturated carbocycles. The summed E-state index contributed by atoms with van der Waals surface area (Å²) in [6, 6.07) is 13.2. The number of ketones is 1. The fraction of sp³-hybridized carbons (Fsp3) is 0.333. The third kappa shape index (κ3) is 4.25. The van der Waals surface area contributed by atoms with Crippen LogP contribution in [0.1, 0.15) is 47.3 Å². The van der Waals surface area contributed by atoms with E-state index in [0.29, 0.717) is 30.1 Å². The maximum Gasteiger partial charge on any atom is 0.337 e. The number of para-hydroxylation sites is 1. The van der Waals surface area contributed by atoms with Crippen molar-refractivity contribution in [3.63, 3.8) is 0 Å². The van der Waals surface area contributed by atoms with E-state index in [9.17, 15) is 14.4 Å². The second-order valence-corrected chi connectivity index (χ2v) is 9.33. The molecule has 0 N–H and O–H groups in total. The molecular weight excluding hydrogens is 428 g/mol. The number of carbonyl (C=O) groups is 1. The third-order valence-corrected chi connectivity index (χ3v) is 6.18. The van der Waals surface area contributed by atoms with E-state index < -0.39 is 11.2 Å². The number of carbonyl (C=O) groups excluding carboxylic acids is 1. The lowest BCUT2D eigenvalue weighted by atomic mass is 10.0. The summed E-state index contributed by atoms with van der Waals surface area (Å²) in [7, 11) is 0. The zero-order chi connectivity index (χ0) is 24.6. The Kier molecular flexibility index (Phi) is 6.37. The average molecular weight is 459 g/mol. The molecule has 0 unspecified atom stereocenters. The van der Waals surface area contributed by atoms with Gasteiger partial charge in [-0.15, -0.1) is 0 Å². The van der Waals surface area contributed by atoms with Gasteiger partial charge in [0, 0.05) is 12.1 Å². The first-order valence-electron chi connectivity index (χ1n) is 11.6. The molecule has 7 heteroatoms. The minimum absolute atomic E-state index is 0.0359. The fourth-order valence-corrected chi connectivity index (χ4v) is 4.28. The Labute approximate surface area is 198 Å². The molecule has 2 heterocycles. The number of rotatable bonds is 7. The summed E-state index contributed by atoms with van der Waals surface area (Å²) in [6.45, 7) is 10.2. The van der Waals surface area contributed by atoms with Crippen molar-refractivity contribution in [2.75, 3.05) is 0 Å². The summed E-state index contributed by atoms with van der Waals surface area (Å²) in [5.41, 5.74) is 3.82. The van der Waals surface area contributed by atoms with Gasteiger partial charge in [-0.2, -0.15) is 0 Å². The summed E-state index contributed by atoms with van der Waals surface area (Å²) in [5.74, 6) is 0.212. The lowest BCUT2D eigenvalue weighted by Crippen LogP contribution is -2.40. The highest BCUT2D eigenvalue weighted by molar-refractivity contribution is 5.98. The van der Waals surface area contributed by atoms with E-state index >= 15 is 0 Å². The second kappa shape index (κ2) is 9.25. The summed E-state index contributed by atoms with van der Waals surface area (Å²) >= 11 is 0. The van der Waals surface area contributed by atoms with Crippen molar-refractivity contribution >= 4 is 16.9 Å². The van der Waals surface area contributed by atoms with Gasteiger partial charge in [0.25, 0.3) is 5.56 Å². The standard InChI is InChI=1S/C27H30N4O3/c1-17(2)12-13-30-26(33)24-25(31(27(30)34)22-9-7-6-8-19(22)4)28-16-29(24)15-23(32)21-11-10-18(3)14-20(21)5/h6-11,14,16-17H,12-13,15H2,1-5H3. The van der Waals surface area contributed by atoms with Crippen LogP contribution in [0.25, 0.3) is 16.9 Å². The fourth-order valence-electron chi connectivity index (χ4n) is 4.28. The van der Waals surface area contributed by atoms with Gasteiger partial charge in [0.2, 0.25) is 0 Å². The zero-order valence-electron chi connectivity index (χ0n) is 20.3. The van der Waals surface area contributed by atoms with Gasteiger partial charge in [-0.1, -0.05) is 55.8 Å². The predicted molar refractivity (Wildman–Crippen MR) is 134 cm³/mol. The number of aryl methyl sites for hydroxylation is 3. The number of Topliss-reactive ketones (excluding diaryl/α,β-unsaturated/α-hetero) is 1. The Bertz CT molecular complexity index is 1500. The maximum absolute atomic E-state index is 13.5. The van der Waals surface area contributed by atoms with Crippen LogP contribution < -0.4 is 11.2 Å². The third-order valence-electron chi connectivity index (χ3n) is 6.18. The summed E-state index contributed by atoms with van der Waals surface area (Å²) < 4.78 is 4.33. The molecule has 0 amide bonds. The number of aromatic nitrogens is 4. The molecule has 7 nitrogen and oxygen atoms in total.